The van der Waals surface area contributed by atoms with Crippen molar-refractivity contribution in [1.82, 2.24) is 0 Å². The Morgan fingerprint density at radius 2 is 2.05 bits per heavy atom. The SMILES string of the molecule is CC[C@H](C)c1c(O)ccc2c1oc1ccc(C#N)cc12. The second kappa shape index (κ2) is 4.57. The van der Waals surface area contributed by atoms with Crippen LogP contribution in [0, 0.1) is 11.3 Å². The van der Waals surface area contributed by atoms with Gasteiger partial charge in [0.15, 0.2) is 0 Å². The van der Waals surface area contributed by atoms with Crippen molar-refractivity contribution < 1.29 is 9.52 Å². The number of fused-ring (bicyclic) bond motifs is 3. The van der Waals surface area contributed by atoms with Crippen LogP contribution in [0.25, 0.3) is 21.9 Å². The molecule has 0 amide bonds. The third kappa shape index (κ3) is 1.73. The molecule has 0 aliphatic carbocycles. The lowest BCUT2D eigenvalue weighted by atomic mass is 9.95. The van der Waals surface area contributed by atoms with E-state index in [0.717, 1.165) is 33.9 Å². The number of hydrogen-bond acceptors (Lipinski definition) is 3. The molecule has 0 unspecified atom stereocenters. The van der Waals surface area contributed by atoms with E-state index in [4.69, 9.17) is 9.68 Å². The third-order valence-electron chi connectivity index (χ3n) is 3.89. The number of hydrogen-bond donors (Lipinski definition) is 1. The Bertz CT molecular complexity index is 839. The molecule has 20 heavy (non-hydrogen) atoms. The maximum absolute atomic E-state index is 10.1. The molecule has 3 nitrogen and oxygen atoms in total. The molecule has 3 heteroatoms. The maximum atomic E-state index is 10.1. The Hall–Kier alpha value is -2.47. The summed E-state index contributed by atoms with van der Waals surface area (Å²) < 4.78 is 5.92. The van der Waals surface area contributed by atoms with E-state index in [1.807, 2.05) is 18.2 Å². The first-order chi connectivity index (χ1) is 9.65. The molecule has 1 heterocycles. The lowest BCUT2D eigenvalue weighted by molar-refractivity contribution is 0.461. The van der Waals surface area contributed by atoms with E-state index in [1.165, 1.54) is 0 Å². The lowest BCUT2D eigenvalue weighted by Crippen LogP contribution is -1.92. The van der Waals surface area contributed by atoms with Gasteiger partial charge in [-0.3, -0.25) is 0 Å². The average Bonchev–Trinajstić information content (AvgIpc) is 2.83. The lowest BCUT2D eigenvalue weighted by Gasteiger charge is -2.11. The van der Waals surface area contributed by atoms with Gasteiger partial charge < -0.3 is 9.52 Å². The van der Waals surface area contributed by atoms with Crippen LogP contribution < -0.4 is 0 Å². The van der Waals surface area contributed by atoms with Crippen LogP contribution in [-0.4, -0.2) is 5.11 Å². The molecule has 100 valence electrons. The quantitative estimate of drug-likeness (QED) is 0.732. The molecule has 0 saturated heterocycles. The fraction of sp³-hybridized carbons (Fsp3) is 0.235. The van der Waals surface area contributed by atoms with Crippen LogP contribution >= 0.6 is 0 Å². The summed E-state index contributed by atoms with van der Waals surface area (Å²) in [6.45, 7) is 4.15. The van der Waals surface area contributed by atoms with Crippen LogP contribution in [0.15, 0.2) is 34.7 Å². The summed E-state index contributed by atoms with van der Waals surface area (Å²) in [5, 5.41) is 21.0. The largest absolute Gasteiger partial charge is 0.508 e. The zero-order chi connectivity index (χ0) is 14.3. The van der Waals surface area contributed by atoms with Crippen LogP contribution in [0.3, 0.4) is 0 Å². The summed E-state index contributed by atoms with van der Waals surface area (Å²) in [5.41, 5.74) is 2.93. The summed E-state index contributed by atoms with van der Waals surface area (Å²) in [4.78, 5) is 0. The molecule has 0 aliphatic heterocycles. The summed E-state index contributed by atoms with van der Waals surface area (Å²) in [7, 11) is 0. The molecule has 0 spiro atoms. The first-order valence-electron chi connectivity index (χ1n) is 6.74. The molecule has 0 bridgehead atoms. The number of phenols is 1. The molecule has 3 aromatic rings. The highest BCUT2D eigenvalue weighted by molar-refractivity contribution is 6.07. The minimum atomic E-state index is 0.217. The topological polar surface area (TPSA) is 57.2 Å². The Labute approximate surface area is 117 Å². The van der Waals surface area contributed by atoms with Gasteiger partial charge in [0.25, 0.3) is 0 Å². The van der Waals surface area contributed by atoms with Crippen LogP contribution in [0.4, 0.5) is 0 Å². The molecule has 0 aliphatic rings. The summed E-state index contributed by atoms with van der Waals surface area (Å²) in [6, 6.07) is 11.1. The van der Waals surface area contributed by atoms with Crippen molar-refractivity contribution in [3.8, 4) is 11.8 Å². The van der Waals surface area contributed by atoms with Gasteiger partial charge in [-0.15, -0.1) is 0 Å². The van der Waals surface area contributed by atoms with Crippen LogP contribution in [0.2, 0.25) is 0 Å². The first-order valence-corrected chi connectivity index (χ1v) is 6.74. The number of rotatable bonds is 2. The minimum absolute atomic E-state index is 0.217. The van der Waals surface area contributed by atoms with Crippen LogP contribution in [0.1, 0.15) is 37.3 Å². The number of furan rings is 1. The highest BCUT2D eigenvalue weighted by atomic mass is 16.3. The van der Waals surface area contributed by atoms with E-state index in [9.17, 15) is 5.11 Å². The summed E-state index contributed by atoms with van der Waals surface area (Å²) in [5.74, 6) is 0.487. The van der Waals surface area contributed by atoms with Gasteiger partial charge in [0.05, 0.1) is 11.6 Å². The van der Waals surface area contributed by atoms with Gasteiger partial charge in [0.2, 0.25) is 0 Å². The van der Waals surface area contributed by atoms with Gasteiger partial charge >= 0.3 is 0 Å². The molecule has 0 saturated carbocycles. The summed E-state index contributed by atoms with van der Waals surface area (Å²) >= 11 is 0. The van der Waals surface area contributed by atoms with Crippen molar-refractivity contribution in [3.05, 3.63) is 41.5 Å². The fourth-order valence-corrected chi connectivity index (χ4v) is 2.60. The molecule has 0 radical (unpaired) electrons. The molecule has 2 aromatic carbocycles. The van der Waals surface area contributed by atoms with E-state index < -0.39 is 0 Å². The molecule has 0 fully saturated rings. The molecular weight excluding hydrogens is 250 g/mol. The van der Waals surface area contributed by atoms with Crippen molar-refractivity contribution in [2.24, 2.45) is 0 Å². The summed E-state index contributed by atoms with van der Waals surface area (Å²) in [6.07, 6.45) is 0.924. The van der Waals surface area contributed by atoms with Crippen LogP contribution in [-0.2, 0) is 0 Å². The molecule has 1 atom stereocenters. The highest BCUT2D eigenvalue weighted by Crippen LogP contribution is 2.39. The zero-order valence-electron chi connectivity index (χ0n) is 11.5. The van der Waals surface area contributed by atoms with Gasteiger partial charge in [-0.25, -0.2) is 0 Å². The van der Waals surface area contributed by atoms with Crippen molar-refractivity contribution >= 4 is 21.9 Å². The van der Waals surface area contributed by atoms with Crippen molar-refractivity contribution in [2.45, 2.75) is 26.2 Å². The second-order valence-corrected chi connectivity index (χ2v) is 5.11. The molecular formula is C17H15NO2. The third-order valence-corrected chi connectivity index (χ3v) is 3.89. The van der Waals surface area contributed by atoms with Crippen molar-refractivity contribution in [3.63, 3.8) is 0 Å². The smallest absolute Gasteiger partial charge is 0.142 e. The predicted octanol–water partition coefficient (Wildman–Crippen LogP) is 4.68. The van der Waals surface area contributed by atoms with Gasteiger partial charge in [-0.1, -0.05) is 13.8 Å². The Morgan fingerprint density at radius 1 is 1.25 bits per heavy atom. The van der Waals surface area contributed by atoms with Gasteiger partial charge in [-0.2, -0.15) is 5.26 Å². The first kappa shape index (κ1) is 12.6. The second-order valence-electron chi connectivity index (χ2n) is 5.11. The van der Waals surface area contributed by atoms with Crippen molar-refractivity contribution in [1.29, 1.82) is 5.26 Å². The monoisotopic (exact) mass is 265 g/mol. The van der Waals surface area contributed by atoms with Crippen LogP contribution in [0.5, 0.6) is 5.75 Å². The zero-order valence-corrected chi connectivity index (χ0v) is 11.5. The number of nitrogens with zero attached hydrogens (tertiary/aromatic N) is 1. The average molecular weight is 265 g/mol. The highest BCUT2D eigenvalue weighted by Gasteiger charge is 2.18. The van der Waals surface area contributed by atoms with E-state index in [2.05, 4.69) is 19.9 Å². The molecule has 1 N–H and O–H groups in total. The fourth-order valence-electron chi connectivity index (χ4n) is 2.60. The Morgan fingerprint density at radius 3 is 2.75 bits per heavy atom. The number of nitriles is 1. The van der Waals surface area contributed by atoms with E-state index in [1.54, 1.807) is 12.1 Å². The number of aromatic hydroxyl groups is 1. The molecule has 3 rings (SSSR count). The van der Waals surface area contributed by atoms with Gasteiger partial charge in [0.1, 0.15) is 16.9 Å². The predicted molar refractivity (Wildman–Crippen MR) is 78.8 cm³/mol. The normalized spacial score (nSPS) is 12.7. The minimum Gasteiger partial charge on any atom is -0.508 e. The van der Waals surface area contributed by atoms with E-state index >= 15 is 0 Å². The number of phenolic OH excluding ortho intramolecular Hbond substituents is 1. The van der Waals surface area contributed by atoms with Gasteiger partial charge in [0, 0.05) is 16.3 Å². The van der Waals surface area contributed by atoms with E-state index in [0.29, 0.717) is 5.56 Å². The standard InChI is InChI=1S/C17H15NO2/c1-3-10(2)16-14(19)6-5-12-13-8-11(9-18)4-7-15(13)20-17(12)16/h4-8,10,19H,3H2,1-2H3/t10-/m0/s1. The van der Waals surface area contributed by atoms with Crippen molar-refractivity contribution in [2.75, 3.05) is 0 Å². The Balaban J connectivity index is 2.42. The van der Waals surface area contributed by atoms with E-state index in [-0.39, 0.29) is 11.7 Å². The number of benzene rings is 2. The molecule has 1 aromatic heterocycles. The maximum Gasteiger partial charge on any atom is 0.142 e. The van der Waals surface area contributed by atoms with Gasteiger partial charge in [-0.05, 0) is 42.7 Å². The Kier molecular flexibility index (Phi) is 2.87.